The van der Waals surface area contributed by atoms with Crippen LogP contribution in [0.1, 0.15) is 33.6 Å². The molecule has 20 heavy (non-hydrogen) atoms. The Bertz CT molecular complexity index is 326. The molecule has 0 aliphatic heterocycles. The van der Waals surface area contributed by atoms with Crippen LogP contribution in [-0.2, 0) is 9.47 Å². The van der Waals surface area contributed by atoms with Gasteiger partial charge in [-0.25, -0.2) is 13.6 Å². The van der Waals surface area contributed by atoms with Gasteiger partial charge >= 0.3 is 6.09 Å². The molecule has 0 saturated heterocycles. The molecule has 1 fully saturated rings. The van der Waals surface area contributed by atoms with E-state index in [1.807, 2.05) is 0 Å². The maximum absolute atomic E-state index is 13.6. The SMILES string of the molecule is COC1CC(NCC(F)(F)CNC(=O)OC(C)(C)C)C1. The van der Waals surface area contributed by atoms with Crippen molar-refractivity contribution >= 4 is 6.09 Å². The molecule has 7 heteroatoms. The van der Waals surface area contributed by atoms with Crippen LogP contribution in [0, 0.1) is 0 Å². The van der Waals surface area contributed by atoms with Crippen LogP contribution in [0.4, 0.5) is 13.6 Å². The van der Waals surface area contributed by atoms with Crippen LogP contribution in [0.3, 0.4) is 0 Å². The van der Waals surface area contributed by atoms with Crippen molar-refractivity contribution in [2.45, 2.75) is 57.3 Å². The van der Waals surface area contributed by atoms with Gasteiger partial charge in [-0.15, -0.1) is 0 Å². The molecule has 0 unspecified atom stereocenters. The van der Waals surface area contributed by atoms with E-state index in [1.165, 1.54) is 0 Å². The second kappa shape index (κ2) is 6.67. The monoisotopic (exact) mass is 294 g/mol. The highest BCUT2D eigenvalue weighted by molar-refractivity contribution is 5.67. The Kier molecular flexibility index (Phi) is 5.70. The number of alkyl carbamates (subject to hydrolysis) is 1. The Hall–Kier alpha value is -0.950. The van der Waals surface area contributed by atoms with Crippen molar-refractivity contribution in [1.82, 2.24) is 10.6 Å². The van der Waals surface area contributed by atoms with E-state index in [0.717, 1.165) is 12.8 Å². The van der Waals surface area contributed by atoms with E-state index in [-0.39, 0.29) is 12.1 Å². The summed E-state index contributed by atoms with van der Waals surface area (Å²) in [6.07, 6.45) is 0.819. The number of nitrogens with one attached hydrogen (secondary N) is 2. The highest BCUT2D eigenvalue weighted by atomic mass is 19.3. The maximum atomic E-state index is 13.6. The van der Waals surface area contributed by atoms with Crippen molar-refractivity contribution in [3.63, 3.8) is 0 Å². The van der Waals surface area contributed by atoms with Gasteiger partial charge in [0.25, 0.3) is 5.92 Å². The number of halogens is 2. The number of carbonyl (C=O) groups is 1. The van der Waals surface area contributed by atoms with Crippen molar-refractivity contribution in [2.24, 2.45) is 0 Å². The zero-order chi connectivity index (χ0) is 15.4. The fourth-order valence-electron chi connectivity index (χ4n) is 1.80. The highest BCUT2D eigenvalue weighted by Crippen LogP contribution is 2.23. The lowest BCUT2D eigenvalue weighted by Gasteiger charge is -2.35. The third kappa shape index (κ3) is 6.47. The normalized spacial score (nSPS) is 23.1. The zero-order valence-electron chi connectivity index (χ0n) is 12.5. The Labute approximate surface area is 118 Å². The first-order chi connectivity index (χ1) is 9.11. The molecule has 0 radical (unpaired) electrons. The van der Waals surface area contributed by atoms with Gasteiger partial charge in [-0.3, -0.25) is 0 Å². The van der Waals surface area contributed by atoms with Gasteiger partial charge < -0.3 is 20.1 Å². The molecule has 1 saturated carbocycles. The summed E-state index contributed by atoms with van der Waals surface area (Å²) in [4.78, 5) is 11.3. The molecule has 1 rings (SSSR count). The first-order valence-corrected chi connectivity index (χ1v) is 6.72. The van der Waals surface area contributed by atoms with Crippen LogP contribution >= 0.6 is 0 Å². The van der Waals surface area contributed by atoms with Crippen molar-refractivity contribution in [1.29, 1.82) is 0 Å². The number of methoxy groups -OCH3 is 1. The number of alkyl halides is 2. The molecule has 0 aromatic carbocycles. The summed E-state index contributed by atoms with van der Waals surface area (Å²) < 4.78 is 37.1. The quantitative estimate of drug-likeness (QED) is 0.785. The summed E-state index contributed by atoms with van der Waals surface area (Å²) in [6.45, 7) is 3.82. The molecule has 0 aromatic heterocycles. The third-order valence-electron chi connectivity index (χ3n) is 2.97. The summed E-state index contributed by atoms with van der Waals surface area (Å²) in [5.41, 5.74) is -0.696. The predicted octanol–water partition coefficient (Wildman–Crippen LogP) is 1.91. The average molecular weight is 294 g/mol. The maximum Gasteiger partial charge on any atom is 0.407 e. The van der Waals surface area contributed by atoms with E-state index >= 15 is 0 Å². The predicted molar refractivity (Wildman–Crippen MR) is 71.0 cm³/mol. The zero-order valence-corrected chi connectivity index (χ0v) is 12.5. The van der Waals surface area contributed by atoms with Gasteiger partial charge in [0.1, 0.15) is 5.60 Å². The standard InChI is InChI=1S/C13H24F2N2O3/c1-12(2,3)20-11(18)17-8-13(14,15)7-16-9-5-10(6-9)19-4/h9-10,16H,5-8H2,1-4H3,(H,17,18). The second-order valence-corrected chi connectivity index (χ2v) is 6.12. The minimum Gasteiger partial charge on any atom is -0.444 e. The van der Waals surface area contributed by atoms with Crippen molar-refractivity contribution < 1.29 is 23.0 Å². The van der Waals surface area contributed by atoms with Crippen molar-refractivity contribution in [2.75, 3.05) is 20.2 Å². The van der Waals surface area contributed by atoms with E-state index in [9.17, 15) is 13.6 Å². The number of rotatable bonds is 6. The lowest BCUT2D eigenvalue weighted by atomic mass is 9.89. The van der Waals surface area contributed by atoms with Gasteiger partial charge in [0.05, 0.1) is 19.2 Å². The van der Waals surface area contributed by atoms with Crippen molar-refractivity contribution in [3.05, 3.63) is 0 Å². The Morgan fingerprint density at radius 1 is 1.25 bits per heavy atom. The smallest absolute Gasteiger partial charge is 0.407 e. The first kappa shape index (κ1) is 17.1. The number of carbonyl (C=O) groups excluding carboxylic acids is 1. The minimum absolute atomic E-state index is 0.0624. The largest absolute Gasteiger partial charge is 0.444 e. The van der Waals surface area contributed by atoms with E-state index in [1.54, 1.807) is 27.9 Å². The lowest BCUT2D eigenvalue weighted by molar-refractivity contribution is -0.0225. The molecule has 5 nitrogen and oxygen atoms in total. The Balaban J connectivity index is 2.19. The molecule has 0 heterocycles. The highest BCUT2D eigenvalue weighted by Gasteiger charge is 2.34. The number of hydrogen-bond donors (Lipinski definition) is 2. The van der Waals surface area contributed by atoms with Crippen LogP contribution in [0.25, 0.3) is 0 Å². The molecule has 118 valence electrons. The van der Waals surface area contributed by atoms with E-state index < -0.39 is 30.7 Å². The summed E-state index contributed by atoms with van der Waals surface area (Å²) in [6, 6.07) is 0.0624. The molecular weight excluding hydrogens is 270 g/mol. The van der Waals surface area contributed by atoms with Crippen LogP contribution in [0.15, 0.2) is 0 Å². The number of amides is 1. The van der Waals surface area contributed by atoms with Crippen LogP contribution < -0.4 is 10.6 Å². The Morgan fingerprint density at radius 3 is 2.35 bits per heavy atom. The summed E-state index contributed by atoms with van der Waals surface area (Å²) in [5.74, 6) is -3.00. The topological polar surface area (TPSA) is 59.6 Å². The fourth-order valence-corrected chi connectivity index (χ4v) is 1.80. The van der Waals surface area contributed by atoms with Gasteiger partial charge in [-0.1, -0.05) is 0 Å². The molecule has 1 amide bonds. The lowest BCUT2D eigenvalue weighted by Crippen LogP contribution is -2.51. The first-order valence-electron chi connectivity index (χ1n) is 6.72. The number of hydrogen-bond acceptors (Lipinski definition) is 4. The van der Waals surface area contributed by atoms with Gasteiger partial charge in [-0.05, 0) is 33.6 Å². The minimum atomic E-state index is -3.00. The molecule has 2 N–H and O–H groups in total. The summed E-state index contributed by atoms with van der Waals surface area (Å²) in [5, 5.41) is 4.86. The van der Waals surface area contributed by atoms with E-state index in [2.05, 4.69) is 10.6 Å². The molecule has 0 bridgehead atoms. The van der Waals surface area contributed by atoms with Gasteiger partial charge in [0.15, 0.2) is 0 Å². The molecule has 0 atom stereocenters. The Morgan fingerprint density at radius 2 is 1.85 bits per heavy atom. The molecule has 0 spiro atoms. The summed E-state index contributed by atoms with van der Waals surface area (Å²) in [7, 11) is 1.61. The second-order valence-electron chi connectivity index (χ2n) is 6.12. The molecule has 1 aliphatic carbocycles. The molecular formula is C13H24F2N2O3. The van der Waals surface area contributed by atoms with Gasteiger partial charge in [0.2, 0.25) is 0 Å². The molecule has 0 aromatic rings. The fraction of sp³-hybridized carbons (Fsp3) is 0.923. The summed E-state index contributed by atoms with van der Waals surface area (Å²) >= 11 is 0. The number of ether oxygens (including phenoxy) is 2. The average Bonchev–Trinajstić information content (AvgIpc) is 2.22. The van der Waals surface area contributed by atoms with Gasteiger partial charge in [0, 0.05) is 13.2 Å². The van der Waals surface area contributed by atoms with Gasteiger partial charge in [-0.2, -0.15) is 0 Å². The van der Waals surface area contributed by atoms with Crippen LogP contribution in [0.2, 0.25) is 0 Å². The van der Waals surface area contributed by atoms with Crippen LogP contribution in [-0.4, -0.2) is 50.0 Å². The molecule has 1 aliphatic rings. The van der Waals surface area contributed by atoms with Crippen LogP contribution in [0.5, 0.6) is 0 Å². The van der Waals surface area contributed by atoms with Crippen molar-refractivity contribution in [3.8, 4) is 0 Å². The van der Waals surface area contributed by atoms with E-state index in [4.69, 9.17) is 9.47 Å². The van der Waals surface area contributed by atoms with E-state index in [0.29, 0.717) is 0 Å². The third-order valence-corrected chi connectivity index (χ3v) is 2.97.